The van der Waals surface area contributed by atoms with Crippen LogP contribution in [0.5, 0.6) is 0 Å². The molecule has 2 saturated heterocycles. The molecule has 2 aromatic heterocycles. The summed E-state index contributed by atoms with van der Waals surface area (Å²) in [6, 6.07) is 0. The molecule has 2 fully saturated rings. The summed E-state index contributed by atoms with van der Waals surface area (Å²) in [6.45, 7) is 6.10. The molecular formula is C19H22FN9O. The average molecular weight is 411 g/mol. The molecule has 3 atom stereocenters. The van der Waals surface area contributed by atoms with Gasteiger partial charge in [-0.1, -0.05) is 4.91 Å². The van der Waals surface area contributed by atoms with Crippen molar-refractivity contribution in [3.63, 3.8) is 0 Å². The highest BCUT2D eigenvalue weighted by Crippen LogP contribution is 2.33. The molecule has 3 unspecified atom stereocenters. The smallest absolute Gasteiger partial charge is 0.269 e. The molecule has 5 rings (SSSR count). The van der Waals surface area contributed by atoms with Gasteiger partial charge in [-0.05, 0) is 19.9 Å². The summed E-state index contributed by atoms with van der Waals surface area (Å²) in [6.07, 6.45) is 7.51. The van der Waals surface area contributed by atoms with E-state index in [0.717, 1.165) is 13.1 Å². The molecule has 0 saturated carbocycles. The number of carbonyl (C=O) groups is 1. The van der Waals surface area contributed by atoms with Gasteiger partial charge in [0.1, 0.15) is 0 Å². The molecule has 0 bridgehead atoms. The third-order valence-corrected chi connectivity index (χ3v) is 5.89. The molecule has 0 spiro atoms. The SMILES string of the molecule is Cc1nc(N2CC3CN(C(=O)C4N=CC=CN4n4nccn4)CC3C2)nc(C)c1F. The minimum atomic E-state index is -0.719. The Morgan fingerprint density at radius 3 is 2.30 bits per heavy atom. The van der Waals surface area contributed by atoms with Crippen LogP contribution in [0.2, 0.25) is 0 Å². The van der Waals surface area contributed by atoms with Crippen LogP contribution < -0.4 is 9.91 Å². The van der Waals surface area contributed by atoms with E-state index in [-0.39, 0.29) is 11.7 Å². The maximum absolute atomic E-state index is 13.9. The topological polar surface area (TPSA) is 95.6 Å². The maximum Gasteiger partial charge on any atom is 0.269 e. The maximum atomic E-state index is 13.9. The van der Waals surface area contributed by atoms with Crippen LogP contribution in [0.4, 0.5) is 10.3 Å². The quantitative estimate of drug-likeness (QED) is 0.716. The molecule has 30 heavy (non-hydrogen) atoms. The lowest BCUT2D eigenvalue weighted by Crippen LogP contribution is -2.51. The fourth-order valence-corrected chi connectivity index (χ4v) is 4.40. The van der Waals surface area contributed by atoms with Crippen molar-refractivity contribution in [1.29, 1.82) is 0 Å². The second kappa shape index (κ2) is 7.15. The van der Waals surface area contributed by atoms with E-state index in [2.05, 4.69) is 30.1 Å². The summed E-state index contributed by atoms with van der Waals surface area (Å²) in [5.74, 6) is 0.786. The number of aromatic nitrogens is 5. The van der Waals surface area contributed by atoms with E-state index < -0.39 is 6.17 Å². The zero-order valence-corrected chi connectivity index (χ0v) is 16.8. The van der Waals surface area contributed by atoms with Gasteiger partial charge >= 0.3 is 0 Å². The zero-order valence-electron chi connectivity index (χ0n) is 16.8. The monoisotopic (exact) mass is 411 g/mol. The first kappa shape index (κ1) is 18.6. The number of aliphatic imine (C=N–C) groups is 1. The van der Waals surface area contributed by atoms with Crippen LogP contribution in [0.15, 0.2) is 29.7 Å². The Kier molecular flexibility index (Phi) is 4.44. The van der Waals surface area contributed by atoms with Crippen LogP contribution >= 0.6 is 0 Å². The van der Waals surface area contributed by atoms with Crippen LogP contribution in [0.25, 0.3) is 0 Å². The number of amides is 1. The van der Waals surface area contributed by atoms with Crippen molar-refractivity contribution in [2.45, 2.75) is 20.0 Å². The van der Waals surface area contributed by atoms with Crippen molar-refractivity contribution < 1.29 is 9.18 Å². The fourth-order valence-electron chi connectivity index (χ4n) is 4.40. The van der Waals surface area contributed by atoms with Crippen molar-refractivity contribution in [2.75, 3.05) is 36.1 Å². The number of hydrogen-bond donors (Lipinski definition) is 0. The highest BCUT2D eigenvalue weighted by Gasteiger charge is 2.44. The van der Waals surface area contributed by atoms with Crippen LogP contribution in [0.3, 0.4) is 0 Å². The first-order valence-electron chi connectivity index (χ1n) is 9.90. The predicted octanol–water partition coefficient (Wildman–Crippen LogP) is 0.281. The van der Waals surface area contributed by atoms with E-state index >= 15 is 0 Å². The van der Waals surface area contributed by atoms with Gasteiger partial charge in [0.25, 0.3) is 5.91 Å². The molecule has 10 nitrogen and oxygen atoms in total. The Balaban J connectivity index is 1.27. The van der Waals surface area contributed by atoms with Gasteiger partial charge in [0, 0.05) is 50.4 Å². The third-order valence-electron chi connectivity index (χ3n) is 5.89. The number of rotatable bonds is 3. The van der Waals surface area contributed by atoms with Gasteiger partial charge in [0.15, 0.2) is 5.82 Å². The summed E-state index contributed by atoms with van der Waals surface area (Å²) >= 11 is 0. The normalized spacial score (nSPS) is 25.3. The van der Waals surface area contributed by atoms with Crippen molar-refractivity contribution in [1.82, 2.24) is 30.0 Å². The van der Waals surface area contributed by atoms with Crippen molar-refractivity contribution in [3.05, 3.63) is 41.9 Å². The molecular weight excluding hydrogens is 389 g/mol. The van der Waals surface area contributed by atoms with Gasteiger partial charge in [-0.3, -0.25) is 9.79 Å². The lowest BCUT2D eigenvalue weighted by molar-refractivity contribution is -0.132. The Bertz CT molecular complexity index is 984. The molecule has 2 aromatic rings. The minimum absolute atomic E-state index is 0.0708. The number of carbonyl (C=O) groups excluding carboxylic acids is 1. The summed E-state index contributed by atoms with van der Waals surface area (Å²) in [5, 5.41) is 9.83. The molecule has 1 amide bonds. The summed E-state index contributed by atoms with van der Waals surface area (Å²) in [7, 11) is 0. The number of allylic oxidation sites excluding steroid dienone is 1. The Morgan fingerprint density at radius 2 is 1.67 bits per heavy atom. The average Bonchev–Trinajstić information content (AvgIpc) is 3.47. The Morgan fingerprint density at radius 1 is 1.03 bits per heavy atom. The van der Waals surface area contributed by atoms with Crippen LogP contribution in [0, 0.1) is 31.5 Å². The second-order valence-electron chi connectivity index (χ2n) is 7.87. The summed E-state index contributed by atoms with van der Waals surface area (Å²) in [4.78, 5) is 31.5. The Labute approximate surface area is 172 Å². The van der Waals surface area contributed by atoms with E-state index in [1.165, 1.54) is 4.91 Å². The predicted molar refractivity (Wildman–Crippen MR) is 107 cm³/mol. The lowest BCUT2D eigenvalue weighted by atomic mass is 10.0. The van der Waals surface area contributed by atoms with Crippen molar-refractivity contribution >= 4 is 18.1 Å². The fraction of sp³-hybridized carbons (Fsp3) is 0.474. The zero-order chi connectivity index (χ0) is 20.8. The molecule has 0 aromatic carbocycles. The van der Waals surface area contributed by atoms with E-state index in [0.29, 0.717) is 42.3 Å². The molecule has 3 aliphatic rings. The second-order valence-corrected chi connectivity index (χ2v) is 7.87. The number of halogens is 1. The van der Waals surface area contributed by atoms with Gasteiger partial charge in [-0.2, -0.15) is 0 Å². The molecule has 0 radical (unpaired) electrons. The molecule has 5 heterocycles. The van der Waals surface area contributed by atoms with E-state index in [9.17, 15) is 9.18 Å². The van der Waals surface area contributed by atoms with Gasteiger partial charge in [0.2, 0.25) is 12.1 Å². The van der Waals surface area contributed by atoms with Gasteiger partial charge < -0.3 is 9.80 Å². The Hall–Kier alpha value is -3.37. The molecule has 0 aliphatic carbocycles. The van der Waals surface area contributed by atoms with Crippen molar-refractivity contribution in [3.8, 4) is 0 Å². The van der Waals surface area contributed by atoms with E-state index in [1.54, 1.807) is 49.7 Å². The summed E-state index contributed by atoms with van der Waals surface area (Å²) in [5.41, 5.74) is 0.726. The minimum Gasteiger partial charge on any atom is -0.340 e. The highest BCUT2D eigenvalue weighted by atomic mass is 19.1. The lowest BCUT2D eigenvalue weighted by Gasteiger charge is -2.30. The van der Waals surface area contributed by atoms with Gasteiger partial charge in [-0.15, -0.1) is 10.2 Å². The van der Waals surface area contributed by atoms with E-state index in [4.69, 9.17) is 0 Å². The van der Waals surface area contributed by atoms with Gasteiger partial charge in [-0.25, -0.2) is 19.4 Å². The number of likely N-dealkylation sites (tertiary alicyclic amines) is 1. The number of anilines is 1. The molecule has 156 valence electrons. The largest absolute Gasteiger partial charge is 0.340 e. The number of nitrogens with zero attached hydrogens (tertiary/aromatic N) is 9. The molecule has 3 aliphatic heterocycles. The van der Waals surface area contributed by atoms with E-state index in [1.807, 2.05) is 4.90 Å². The van der Waals surface area contributed by atoms with Crippen LogP contribution in [-0.4, -0.2) is 74.4 Å². The standard InChI is InChI=1S/C19H22FN9O/c1-12-16(20)13(2)25-19(24-12)27-10-14-8-26(9-15(14)11-27)18(30)17-21-4-3-7-28(17)29-22-5-6-23-29/h3-7,14-15,17H,8-11H2,1-2H3. The third kappa shape index (κ3) is 3.10. The van der Waals surface area contributed by atoms with Crippen LogP contribution in [0.1, 0.15) is 11.4 Å². The van der Waals surface area contributed by atoms with Gasteiger partial charge in [0.05, 0.1) is 23.8 Å². The highest BCUT2D eigenvalue weighted by molar-refractivity contribution is 5.88. The molecule has 0 N–H and O–H groups in total. The first-order chi connectivity index (χ1) is 14.5. The number of aryl methyl sites for hydroxylation is 2. The van der Waals surface area contributed by atoms with Crippen LogP contribution in [-0.2, 0) is 4.79 Å². The first-order valence-corrected chi connectivity index (χ1v) is 9.90. The molecule has 11 heteroatoms. The van der Waals surface area contributed by atoms with Crippen molar-refractivity contribution in [2.24, 2.45) is 16.8 Å². The number of fused-ring (bicyclic) bond motifs is 1. The summed E-state index contributed by atoms with van der Waals surface area (Å²) < 4.78 is 13.9. The number of hydrogen-bond acceptors (Lipinski definition) is 8.